The van der Waals surface area contributed by atoms with Gasteiger partial charge in [0.05, 0.1) is 20.3 Å². The van der Waals surface area contributed by atoms with Gasteiger partial charge in [-0.3, -0.25) is 0 Å². The van der Waals surface area contributed by atoms with Crippen molar-refractivity contribution >= 4 is 0 Å². The maximum Gasteiger partial charge on any atom is 0.184 e. The van der Waals surface area contributed by atoms with Crippen molar-refractivity contribution in [1.82, 2.24) is 0 Å². The Bertz CT molecular complexity index is 601. The first kappa shape index (κ1) is 13.2. The van der Waals surface area contributed by atoms with E-state index in [1.54, 1.807) is 7.11 Å². The average Bonchev–Trinajstić information content (AvgIpc) is 3.01. The maximum absolute atomic E-state index is 5.66. The van der Waals surface area contributed by atoms with Gasteiger partial charge in [-0.05, 0) is 24.1 Å². The Kier molecular flexibility index (Phi) is 3.72. The quantitative estimate of drug-likeness (QED) is 0.850. The summed E-state index contributed by atoms with van der Waals surface area (Å²) in [6.07, 6.45) is -0.306. The Labute approximate surface area is 119 Å². The number of ether oxygens (including phenoxy) is 3. The number of hydrogen-bond acceptors (Lipinski definition) is 3. The van der Waals surface area contributed by atoms with Crippen LogP contribution in [0.5, 0.6) is 5.75 Å². The molecule has 0 spiro atoms. The topological polar surface area (TPSA) is 27.7 Å². The fraction of sp³-hybridized carbons (Fsp3) is 0.294. The van der Waals surface area contributed by atoms with Crippen LogP contribution < -0.4 is 4.74 Å². The third-order valence-electron chi connectivity index (χ3n) is 3.57. The molecule has 0 N–H and O–H groups in total. The summed E-state index contributed by atoms with van der Waals surface area (Å²) in [7, 11) is 1.69. The number of benzene rings is 2. The SMILES string of the molecule is COc1cccc(C2OCCO2)c1-c1ccccc1C. The van der Waals surface area contributed by atoms with Gasteiger partial charge in [-0.25, -0.2) is 0 Å². The zero-order valence-corrected chi connectivity index (χ0v) is 11.8. The summed E-state index contributed by atoms with van der Waals surface area (Å²) in [5.74, 6) is 0.843. The van der Waals surface area contributed by atoms with Gasteiger partial charge in [0.25, 0.3) is 0 Å². The van der Waals surface area contributed by atoms with Gasteiger partial charge in [0, 0.05) is 11.1 Å². The monoisotopic (exact) mass is 270 g/mol. The van der Waals surface area contributed by atoms with Crippen LogP contribution in [0.3, 0.4) is 0 Å². The van der Waals surface area contributed by atoms with Crippen LogP contribution in [-0.2, 0) is 9.47 Å². The van der Waals surface area contributed by atoms with Crippen LogP contribution in [0.25, 0.3) is 11.1 Å². The molecule has 0 atom stereocenters. The van der Waals surface area contributed by atoms with Crippen molar-refractivity contribution in [3.8, 4) is 16.9 Å². The minimum absolute atomic E-state index is 0.306. The predicted octanol–water partition coefficient (Wildman–Crippen LogP) is 3.72. The molecule has 104 valence electrons. The molecule has 1 saturated heterocycles. The van der Waals surface area contributed by atoms with Gasteiger partial charge in [-0.2, -0.15) is 0 Å². The Morgan fingerprint density at radius 2 is 1.75 bits per heavy atom. The van der Waals surface area contributed by atoms with E-state index in [9.17, 15) is 0 Å². The van der Waals surface area contributed by atoms with Gasteiger partial charge in [-0.1, -0.05) is 36.4 Å². The second-order valence-corrected chi connectivity index (χ2v) is 4.81. The number of hydrogen-bond donors (Lipinski definition) is 0. The van der Waals surface area contributed by atoms with Gasteiger partial charge in [0.15, 0.2) is 6.29 Å². The fourth-order valence-electron chi connectivity index (χ4n) is 2.59. The number of aryl methyl sites for hydroxylation is 1. The first-order chi connectivity index (χ1) is 9.81. The van der Waals surface area contributed by atoms with Crippen LogP contribution in [0.15, 0.2) is 42.5 Å². The third kappa shape index (κ3) is 2.30. The van der Waals surface area contributed by atoms with Crippen LogP contribution in [0.2, 0.25) is 0 Å². The van der Waals surface area contributed by atoms with Crippen molar-refractivity contribution in [3.63, 3.8) is 0 Å². The van der Waals surface area contributed by atoms with E-state index in [0.717, 1.165) is 22.4 Å². The number of rotatable bonds is 3. The molecule has 0 aliphatic carbocycles. The molecule has 3 rings (SSSR count). The summed E-state index contributed by atoms with van der Waals surface area (Å²) in [5.41, 5.74) is 4.44. The first-order valence-electron chi connectivity index (χ1n) is 6.77. The Morgan fingerprint density at radius 3 is 2.45 bits per heavy atom. The predicted molar refractivity (Wildman–Crippen MR) is 77.8 cm³/mol. The average molecular weight is 270 g/mol. The van der Waals surface area contributed by atoms with Gasteiger partial charge in [0.1, 0.15) is 5.75 Å². The molecule has 1 aliphatic rings. The summed E-state index contributed by atoms with van der Waals surface area (Å²) < 4.78 is 16.9. The fourth-order valence-corrected chi connectivity index (χ4v) is 2.59. The van der Waals surface area contributed by atoms with Crippen LogP contribution in [-0.4, -0.2) is 20.3 Å². The summed E-state index contributed by atoms with van der Waals surface area (Å²) in [6.45, 7) is 3.37. The van der Waals surface area contributed by atoms with Gasteiger partial charge < -0.3 is 14.2 Å². The summed E-state index contributed by atoms with van der Waals surface area (Å²) in [6, 6.07) is 14.3. The Balaban J connectivity index is 2.18. The lowest BCUT2D eigenvalue weighted by Crippen LogP contribution is -2.03. The van der Waals surface area contributed by atoms with Crippen molar-refractivity contribution in [2.75, 3.05) is 20.3 Å². The highest BCUT2D eigenvalue weighted by atomic mass is 16.7. The largest absolute Gasteiger partial charge is 0.496 e. The van der Waals surface area contributed by atoms with Gasteiger partial charge in [0.2, 0.25) is 0 Å². The molecule has 0 radical (unpaired) electrons. The summed E-state index contributed by atoms with van der Waals surface area (Å²) in [4.78, 5) is 0. The van der Waals surface area contributed by atoms with Crippen LogP contribution >= 0.6 is 0 Å². The second kappa shape index (κ2) is 5.65. The highest BCUT2D eigenvalue weighted by molar-refractivity contribution is 5.76. The minimum atomic E-state index is -0.306. The maximum atomic E-state index is 5.66. The van der Waals surface area contributed by atoms with Crippen molar-refractivity contribution < 1.29 is 14.2 Å². The normalized spacial score (nSPS) is 15.5. The molecule has 1 heterocycles. The minimum Gasteiger partial charge on any atom is -0.496 e. The molecule has 2 aromatic carbocycles. The Morgan fingerprint density at radius 1 is 1.00 bits per heavy atom. The molecule has 0 bridgehead atoms. The molecule has 0 amide bonds. The molecule has 0 aromatic heterocycles. The van der Waals surface area contributed by atoms with Crippen molar-refractivity contribution in [2.45, 2.75) is 13.2 Å². The standard InChI is InChI=1S/C17H18O3/c1-12-6-3-4-7-13(12)16-14(17-19-10-11-20-17)8-5-9-15(16)18-2/h3-9,17H,10-11H2,1-2H3. The van der Waals surface area contributed by atoms with E-state index in [4.69, 9.17) is 14.2 Å². The van der Waals surface area contributed by atoms with E-state index < -0.39 is 0 Å². The van der Waals surface area contributed by atoms with E-state index in [2.05, 4.69) is 19.1 Å². The van der Waals surface area contributed by atoms with Gasteiger partial charge >= 0.3 is 0 Å². The zero-order chi connectivity index (χ0) is 13.9. The Hall–Kier alpha value is -1.84. The summed E-state index contributed by atoms with van der Waals surface area (Å²) >= 11 is 0. The molecule has 2 aromatic rings. The van der Waals surface area contributed by atoms with Crippen LogP contribution in [0.4, 0.5) is 0 Å². The molecule has 1 fully saturated rings. The number of methoxy groups -OCH3 is 1. The molecule has 3 nitrogen and oxygen atoms in total. The molecule has 1 aliphatic heterocycles. The van der Waals surface area contributed by atoms with E-state index in [0.29, 0.717) is 13.2 Å². The molecule has 3 heteroatoms. The van der Waals surface area contributed by atoms with Crippen molar-refractivity contribution in [3.05, 3.63) is 53.6 Å². The smallest absolute Gasteiger partial charge is 0.184 e. The van der Waals surface area contributed by atoms with E-state index in [1.165, 1.54) is 5.56 Å². The second-order valence-electron chi connectivity index (χ2n) is 4.81. The molecule has 0 saturated carbocycles. The van der Waals surface area contributed by atoms with Crippen molar-refractivity contribution in [2.24, 2.45) is 0 Å². The van der Waals surface area contributed by atoms with Crippen LogP contribution in [0, 0.1) is 6.92 Å². The van der Waals surface area contributed by atoms with Crippen molar-refractivity contribution in [1.29, 1.82) is 0 Å². The molecule has 0 unspecified atom stereocenters. The van der Waals surface area contributed by atoms with E-state index >= 15 is 0 Å². The lowest BCUT2D eigenvalue weighted by atomic mass is 9.94. The van der Waals surface area contributed by atoms with E-state index in [-0.39, 0.29) is 6.29 Å². The van der Waals surface area contributed by atoms with E-state index in [1.807, 2.05) is 30.3 Å². The highest BCUT2D eigenvalue weighted by Crippen LogP contribution is 2.40. The highest BCUT2D eigenvalue weighted by Gasteiger charge is 2.24. The third-order valence-corrected chi connectivity index (χ3v) is 3.57. The molecular weight excluding hydrogens is 252 g/mol. The lowest BCUT2D eigenvalue weighted by molar-refractivity contribution is -0.0437. The molecular formula is C17H18O3. The molecule has 20 heavy (non-hydrogen) atoms. The summed E-state index contributed by atoms with van der Waals surface area (Å²) in [5, 5.41) is 0. The lowest BCUT2D eigenvalue weighted by Gasteiger charge is -2.19. The van der Waals surface area contributed by atoms with Crippen LogP contribution in [0.1, 0.15) is 17.4 Å². The van der Waals surface area contributed by atoms with Gasteiger partial charge in [-0.15, -0.1) is 0 Å². The zero-order valence-electron chi connectivity index (χ0n) is 11.8. The first-order valence-corrected chi connectivity index (χ1v) is 6.77.